The molecule has 0 saturated heterocycles. The Bertz CT molecular complexity index is 2120. The number of aliphatic hydroxyl groups excluding tert-OH is 2. The Kier molecular flexibility index (Phi) is 15.2. The van der Waals surface area contributed by atoms with Gasteiger partial charge in [-0.15, -0.1) is 18.2 Å². The van der Waals surface area contributed by atoms with Crippen LogP contribution in [0.1, 0.15) is 94.1 Å². The molecule has 1 fully saturated rings. The fourth-order valence-electron chi connectivity index (χ4n) is 9.51. The number of aliphatic hydroxyl groups is 2. The van der Waals surface area contributed by atoms with E-state index in [4.69, 9.17) is 50.0 Å². The molecule has 1 aromatic heterocycles. The first kappa shape index (κ1) is 46.2. The number of aryl methyl sites for hydroxylation is 1. The number of carbonyl (C=O) groups is 1. The molecule has 2 aliphatic heterocycles. The van der Waals surface area contributed by atoms with E-state index in [1.807, 2.05) is 76.2 Å². The number of halogens is 1. The van der Waals surface area contributed by atoms with Crippen LogP contribution < -0.4 is 18.9 Å². The van der Waals surface area contributed by atoms with Crippen molar-refractivity contribution >= 4 is 23.4 Å². The average molecular weight is 888 g/mol. The van der Waals surface area contributed by atoms with Gasteiger partial charge in [0.2, 0.25) is 12.6 Å². The van der Waals surface area contributed by atoms with E-state index in [1.165, 1.54) is 0 Å². The maximum Gasteiger partial charge on any atom is 0.410 e. The highest BCUT2D eigenvalue weighted by atomic mass is 35.5. The molecule has 340 valence electrons. The number of benzene rings is 2. The molecule has 3 heterocycles. The van der Waals surface area contributed by atoms with Crippen molar-refractivity contribution in [3.63, 3.8) is 0 Å². The molecule has 2 aromatic carbocycles. The minimum Gasteiger partial charge on any atom is -0.487 e. The smallest absolute Gasteiger partial charge is 0.410 e. The highest BCUT2D eigenvalue weighted by molar-refractivity contribution is 6.18. The summed E-state index contributed by atoms with van der Waals surface area (Å²) in [6, 6.07) is 16.6. The van der Waals surface area contributed by atoms with Crippen LogP contribution >= 0.6 is 11.6 Å². The maximum absolute atomic E-state index is 14.6. The highest BCUT2D eigenvalue weighted by Gasteiger charge is 2.65. The Morgan fingerprint density at radius 3 is 2.56 bits per heavy atom. The molecule has 3 aromatic rings. The topological polar surface area (TPSA) is 151 Å². The van der Waals surface area contributed by atoms with Gasteiger partial charge in [-0.3, -0.25) is 9.88 Å². The third kappa shape index (κ3) is 10.6. The van der Waals surface area contributed by atoms with Crippen LogP contribution in [0.3, 0.4) is 0 Å². The molecular formula is C49H62ClN3O10. The van der Waals surface area contributed by atoms with Crippen LogP contribution in [0.4, 0.5) is 4.79 Å². The summed E-state index contributed by atoms with van der Waals surface area (Å²) in [7, 11) is 0. The van der Waals surface area contributed by atoms with Crippen molar-refractivity contribution in [1.29, 1.82) is 0 Å². The van der Waals surface area contributed by atoms with E-state index >= 15 is 0 Å². The lowest BCUT2D eigenvalue weighted by Crippen LogP contribution is -2.70. The summed E-state index contributed by atoms with van der Waals surface area (Å²) >= 11 is 6.13. The quantitative estimate of drug-likeness (QED) is 0.0484. The first-order valence-electron chi connectivity index (χ1n) is 22.2. The second kappa shape index (κ2) is 20.8. The van der Waals surface area contributed by atoms with E-state index in [0.717, 1.165) is 53.8 Å². The largest absolute Gasteiger partial charge is 0.487 e. The molecule has 63 heavy (non-hydrogen) atoms. The van der Waals surface area contributed by atoms with Crippen LogP contribution in [0.5, 0.6) is 23.0 Å². The van der Waals surface area contributed by atoms with Gasteiger partial charge in [-0.2, -0.15) is 0 Å². The second-order valence-corrected chi connectivity index (χ2v) is 18.0. The molecule has 2 aliphatic carbocycles. The van der Waals surface area contributed by atoms with Crippen LogP contribution in [-0.2, 0) is 27.5 Å². The minimum absolute atomic E-state index is 0.0104. The lowest BCUT2D eigenvalue weighted by molar-refractivity contribution is -0.256. The number of amides is 1. The summed E-state index contributed by atoms with van der Waals surface area (Å²) in [5, 5.41) is 24.9. The summed E-state index contributed by atoms with van der Waals surface area (Å²) < 4.78 is 38.2. The Morgan fingerprint density at radius 2 is 1.81 bits per heavy atom. The van der Waals surface area contributed by atoms with Crippen molar-refractivity contribution < 1.29 is 48.3 Å². The van der Waals surface area contributed by atoms with Gasteiger partial charge >= 0.3 is 6.09 Å². The van der Waals surface area contributed by atoms with Crippen LogP contribution in [0.25, 0.3) is 0 Å². The Hall–Kier alpha value is -4.82. The zero-order chi connectivity index (χ0) is 44.6. The van der Waals surface area contributed by atoms with Crippen LogP contribution in [-0.4, -0.2) is 88.4 Å². The number of oxime groups is 1. The predicted octanol–water partition coefficient (Wildman–Crippen LogP) is 9.01. The highest BCUT2D eigenvalue weighted by Crippen LogP contribution is 2.62. The Morgan fingerprint density at radius 1 is 1.03 bits per heavy atom. The number of pyridine rings is 1. The molecule has 0 unspecified atom stereocenters. The summed E-state index contributed by atoms with van der Waals surface area (Å²) in [5.41, 5.74) is 4.42. The number of hydrogen-bond acceptors (Lipinski definition) is 12. The van der Waals surface area contributed by atoms with Gasteiger partial charge in [-0.05, 0) is 119 Å². The number of hydrogen-bond donors (Lipinski definition) is 2. The fourth-order valence-corrected chi connectivity index (χ4v) is 9.59. The molecule has 0 radical (unpaired) electrons. The van der Waals surface area contributed by atoms with E-state index in [9.17, 15) is 15.0 Å². The maximum atomic E-state index is 14.6. The Balaban J connectivity index is 1.44. The molecule has 0 spiro atoms. The lowest BCUT2D eigenvalue weighted by atomic mass is 9.55. The first-order chi connectivity index (χ1) is 30.5. The van der Waals surface area contributed by atoms with Crippen molar-refractivity contribution in [3.8, 4) is 23.0 Å². The van der Waals surface area contributed by atoms with Crippen molar-refractivity contribution in [2.75, 3.05) is 39.1 Å². The molecule has 13 nitrogen and oxygen atoms in total. The number of unbranched alkanes of at least 4 members (excludes halogenated alkanes) is 2. The van der Waals surface area contributed by atoms with Crippen molar-refractivity contribution in [2.24, 2.45) is 22.9 Å². The molecule has 2 N–H and O–H groups in total. The van der Waals surface area contributed by atoms with Gasteiger partial charge in [0, 0.05) is 43.4 Å². The SMILES string of the molecule is C=CCO[C@@]12Oc3ccc(OCc4cccc(C)n4)cc3[C@H]3[C@H](CCCCO)[C@@H](CCCCO)C=C(C(=NOC(C)(C)C)C[C@@H]1N(Cc1ccc4c(c1)OCO4)C(=O)OCCCl)[C@H]32. The van der Waals surface area contributed by atoms with Crippen LogP contribution in [0, 0.1) is 24.7 Å². The standard InChI is InChI=1S/C49H62ClN3O10/c1-6-23-61-49-44(53(47(56)57-24-20-50)29-33-16-18-42-43(25-33)60-31-59-42)28-40(52-63-48(3,4)5)38-26-34(13-7-9-21-54)37(15-8-10-22-55)45(46(38)49)39-27-36(17-19-41(39)62-49)58-30-35-14-11-12-32(2)51-35/h6,11-12,14,16-19,25-27,34,37,44-46,54-55H,1,7-10,13,15,20-24,28-31H2,2-5H3/t34-,37+,44-,45+,46+,49+/m0/s1. The third-order valence-corrected chi connectivity index (χ3v) is 12.3. The molecule has 1 amide bonds. The predicted molar refractivity (Wildman–Crippen MR) is 239 cm³/mol. The van der Waals surface area contributed by atoms with Crippen molar-refractivity contribution in [1.82, 2.24) is 9.88 Å². The zero-order valence-corrected chi connectivity index (χ0v) is 37.7. The average Bonchev–Trinajstić information content (AvgIpc) is 3.74. The minimum atomic E-state index is -1.49. The molecule has 0 bridgehead atoms. The van der Waals surface area contributed by atoms with Crippen LogP contribution in [0.2, 0.25) is 0 Å². The number of nitrogens with zero attached hydrogens (tertiary/aromatic N) is 3. The normalized spacial score (nSPS) is 23.8. The summed E-state index contributed by atoms with van der Waals surface area (Å²) in [6.07, 6.45) is 8.14. The fraction of sp³-hybridized carbons (Fsp3) is 0.531. The lowest BCUT2D eigenvalue weighted by Gasteiger charge is -2.60. The number of alkyl halides is 1. The van der Waals surface area contributed by atoms with Crippen LogP contribution in [0.15, 0.2) is 84.1 Å². The van der Waals surface area contributed by atoms with E-state index in [1.54, 1.807) is 11.0 Å². The molecule has 7 rings (SSSR count). The van der Waals surface area contributed by atoms with Gasteiger partial charge < -0.3 is 43.5 Å². The summed E-state index contributed by atoms with van der Waals surface area (Å²) in [4.78, 5) is 27.2. The molecule has 4 aliphatic rings. The van der Waals surface area contributed by atoms with Gasteiger partial charge in [0.25, 0.3) is 0 Å². The first-order valence-corrected chi connectivity index (χ1v) is 22.7. The number of rotatable bonds is 20. The molecular weight excluding hydrogens is 826 g/mol. The number of fused-ring (bicyclic) bond motifs is 3. The van der Waals surface area contributed by atoms with Gasteiger partial charge in [0.15, 0.2) is 11.5 Å². The Labute approximate surface area is 375 Å². The van der Waals surface area contributed by atoms with Gasteiger partial charge in [0.05, 0.1) is 29.8 Å². The summed E-state index contributed by atoms with van der Waals surface area (Å²) in [5.74, 6) is 0.416. The van der Waals surface area contributed by atoms with Gasteiger partial charge in [0.1, 0.15) is 36.4 Å². The van der Waals surface area contributed by atoms with Crippen molar-refractivity contribution in [3.05, 3.63) is 101 Å². The molecule has 6 atom stereocenters. The molecule has 14 heteroatoms. The second-order valence-electron chi connectivity index (χ2n) is 17.7. The zero-order valence-electron chi connectivity index (χ0n) is 36.9. The van der Waals surface area contributed by atoms with E-state index < -0.39 is 29.4 Å². The third-order valence-electron chi connectivity index (χ3n) is 12.1. The number of aromatic nitrogens is 1. The number of ether oxygens (including phenoxy) is 6. The summed E-state index contributed by atoms with van der Waals surface area (Å²) in [6.45, 7) is 12.6. The van der Waals surface area contributed by atoms with Gasteiger partial charge in [-0.1, -0.05) is 42.3 Å². The monoisotopic (exact) mass is 887 g/mol. The number of carbonyl (C=O) groups excluding carboxylic acids is 1. The van der Waals surface area contributed by atoms with E-state index in [0.29, 0.717) is 41.6 Å². The molecule has 1 saturated carbocycles. The van der Waals surface area contributed by atoms with Gasteiger partial charge in [-0.25, -0.2) is 4.79 Å². The van der Waals surface area contributed by atoms with E-state index in [-0.39, 0.29) is 76.4 Å². The van der Waals surface area contributed by atoms with E-state index in [2.05, 4.69) is 23.7 Å². The number of allylic oxidation sites excluding steroid dienone is 1. The van der Waals surface area contributed by atoms with Crippen molar-refractivity contribution in [2.45, 2.75) is 109 Å².